The van der Waals surface area contributed by atoms with E-state index in [1.54, 1.807) is 30.3 Å². The summed E-state index contributed by atoms with van der Waals surface area (Å²) in [5, 5.41) is 15.2. The van der Waals surface area contributed by atoms with E-state index in [0.717, 1.165) is 0 Å². The molecule has 0 bridgehead atoms. The lowest BCUT2D eigenvalue weighted by Crippen LogP contribution is -2.30. The number of aliphatic hydroxyl groups is 1. The van der Waals surface area contributed by atoms with E-state index in [-0.39, 0.29) is 6.03 Å². The molecule has 0 aliphatic rings. The first-order valence-corrected chi connectivity index (χ1v) is 6.60. The van der Waals surface area contributed by atoms with Crippen LogP contribution < -0.4 is 15.4 Å². The molecule has 0 saturated carbocycles. The number of carbonyl (C=O) groups excluding carboxylic acids is 1. The van der Waals surface area contributed by atoms with Crippen LogP contribution in [0.5, 0.6) is 5.75 Å². The second kappa shape index (κ2) is 7.35. The van der Waals surface area contributed by atoms with Crippen LogP contribution in [0, 0.1) is 0 Å². The van der Waals surface area contributed by atoms with Gasteiger partial charge in [0.1, 0.15) is 17.6 Å². The number of hydrogen-bond donors (Lipinski definition) is 3. The van der Waals surface area contributed by atoms with Crippen molar-refractivity contribution >= 4 is 11.7 Å². The Kier molecular flexibility index (Phi) is 5.22. The van der Waals surface area contributed by atoms with Gasteiger partial charge in [0, 0.05) is 6.54 Å². The number of para-hydroxylation sites is 2. The van der Waals surface area contributed by atoms with Gasteiger partial charge in [0.2, 0.25) is 0 Å². The Hall–Kier alpha value is -2.47. The summed E-state index contributed by atoms with van der Waals surface area (Å²) in [6.45, 7) is 0.322. The number of anilines is 1. The van der Waals surface area contributed by atoms with Crippen molar-refractivity contribution in [2.75, 3.05) is 19.0 Å². The Bertz CT molecular complexity index is 569. The molecule has 6 heteroatoms. The van der Waals surface area contributed by atoms with E-state index < -0.39 is 6.10 Å². The second-order valence-corrected chi connectivity index (χ2v) is 4.40. The van der Waals surface area contributed by atoms with Crippen LogP contribution in [0.3, 0.4) is 0 Å². The van der Waals surface area contributed by atoms with Crippen molar-refractivity contribution in [2.45, 2.75) is 12.5 Å². The molecule has 2 amide bonds. The van der Waals surface area contributed by atoms with Crippen LogP contribution in [0.4, 0.5) is 10.5 Å². The molecule has 0 radical (unpaired) electrons. The summed E-state index contributed by atoms with van der Waals surface area (Å²) >= 11 is 0. The maximum Gasteiger partial charge on any atom is 0.319 e. The molecular weight excluding hydrogens is 272 g/mol. The van der Waals surface area contributed by atoms with Gasteiger partial charge >= 0.3 is 6.03 Å². The molecule has 0 spiro atoms. The molecule has 0 fully saturated rings. The first-order valence-electron chi connectivity index (χ1n) is 6.60. The lowest BCUT2D eigenvalue weighted by Gasteiger charge is -2.12. The number of furan rings is 1. The van der Waals surface area contributed by atoms with Crippen LogP contribution in [0.25, 0.3) is 0 Å². The predicted molar refractivity (Wildman–Crippen MR) is 78.3 cm³/mol. The Morgan fingerprint density at radius 3 is 2.86 bits per heavy atom. The largest absolute Gasteiger partial charge is 0.495 e. The third-order valence-corrected chi connectivity index (χ3v) is 2.93. The first kappa shape index (κ1) is 14.9. The van der Waals surface area contributed by atoms with Gasteiger partial charge in [-0.25, -0.2) is 4.79 Å². The molecule has 112 valence electrons. The summed E-state index contributed by atoms with van der Waals surface area (Å²) < 4.78 is 10.2. The smallest absolute Gasteiger partial charge is 0.319 e. The highest BCUT2D eigenvalue weighted by atomic mass is 16.5. The van der Waals surface area contributed by atoms with E-state index in [4.69, 9.17) is 9.15 Å². The van der Waals surface area contributed by atoms with Crippen LogP contribution >= 0.6 is 0 Å². The fraction of sp³-hybridized carbons (Fsp3) is 0.267. The number of amides is 2. The highest BCUT2D eigenvalue weighted by Crippen LogP contribution is 2.22. The Morgan fingerprint density at radius 2 is 2.14 bits per heavy atom. The number of methoxy groups -OCH3 is 1. The van der Waals surface area contributed by atoms with E-state index in [9.17, 15) is 9.90 Å². The van der Waals surface area contributed by atoms with Gasteiger partial charge in [-0.2, -0.15) is 0 Å². The fourth-order valence-corrected chi connectivity index (χ4v) is 1.86. The van der Waals surface area contributed by atoms with Crippen LogP contribution in [-0.4, -0.2) is 24.8 Å². The van der Waals surface area contributed by atoms with Gasteiger partial charge in [-0.05, 0) is 30.7 Å². The molecule has 6 nitrogen and oxygen atoms in total. The van der Waals surface area contributed by atoms with Gasteiger partial charge in [0.15, 0.2) is 0 Å². The van der Waals surface area contributed by atoms with E-state index in [1.165, 1.54) is 13.4 Å². The fourth-order valence-electron chi connectivity index (χ4n) is 1.86. The standard InChI is InChI=1S/C15H18N2O4/c1-20-13-6-3-2-5-11(13)17-15(19)16-9-8-12(18)14-7-4-10-21-14/h2-7,10,12,18H,8-9H2,1H3,(H2,16,17,19). The maximum atomic E-state index is 11.8. The minimum absolute atomic E-state index is 0.322. The number of ether oxygens (including phenoxy) is 1. The number of benzene rings is 1. The van der Waals surface area contributed by atoms with E-state index in [2.05, 4.69) is 10.6 Å². The summed E-state index contributed by atoms with van der Waals surface area (Å²) in [6.07, 6.45) is 1.14. The highest BCUT2D eigenvalue weighted by molar-refractivity contribution is 5.90. The van der Waals surface area contributed by atoms with Crippen molar-refractivity contribution < 1.29 is 19.1 Å². The Balaban J connectivity index is 1.77. The van der Waals surface area contributed by atoms with E-state index in [0.29, 0.717) is 30.2 Å². The van der Waals surface area contributed by atoms with Crippen molar-refractivity contribution in [1.82, 2.24) is 5.32 Å². The van der Waals surface area contributed by atoms with Gasteiger partial charge in [0.25, 0.3) is 0 Å². The van der Waals surface area contributed by atoms with Gasteiger partial charge in [0.05, 0.1) is 19.1 Å². The van der Waals surface area contributed by atoms with Crippen molar-refractivity contribution in [2.24, 2.45) is 0 Å². The number of aliphatic hydroxyl groups excluding tert-OH is 1. The van der Waals surface area contributed by atoms with Crippen molar-refractivity contribution in [3.63, 3.8) is 0 Å². The SMILES string of the molecule is COc1ccccc1NC(=O)NCCC(O)c1ccco1. The van der Waals surface area contributed by atoms with Crippen molar-refractivity contribution in [3.8, 4) is 5.75 Å². The minimum Gasteiger partial charge on any atom is -0.495 e. The van der Waals surface area contributed by atoms with Crippen LogP contribution in [0.2, 0.25) is 0 Å². The van der Waals surface area contributed by atoms with E-state index in [1.807, 2.05) is 6.07 Å². The quantitative estimate of drug-likeness (QED) is 0.763. The van der Waals surface area contributed by atoms with E-state index >= 15 is 0 Å². The third-order valence-electron chi connectivity index (χ3n) is 2.93. The lowest BCUT2D eigenvalue weighted by molar-refractivity contribution is 0.140. The molecular formula is C15H18N2O4. The monoisotopic (exact) mass is 290 g/mol. The highest BCUT2D eigenvalue weighted by Gasteiger charge is 2.11. The Labute approximate surface area is 122 Å². The number of rotatable bonds is 6. The summed E-state index contributed by atoms with van der Waals surface area (Å²) in [6, 6.07) is 10.2. The molecule has 3 N–H and O–H groups in total. The normalized spacial score (nSPS) is 11.7. The van der Waals surface area contributed by atoms with Crippen LogP contribution in [0.1, 0.15) is 18.3 Å². The summed E-state index contributed by atoms with van der Waals surface area (Å²) in [5.41, 5.74) is 0.587. The third kappa shape index (κ3) is 4.25. The molecule has 21 heavy (non-hydrogen) atoms. The zero-order valence-electron chi connectivity index (χ0n) is 11.7. The number of urea groups is 1. The summed E-state index contributed by atoms with van der Waals surface area (Å²) in [7, 11) is 1.54. The summed E-state index contributed by atoms with van der Waals surface area (Å²) in [5.74, 6) is 1.07. The van der Waals surface area contributed by atoms with Crippen molar-refractivity contribution in [3.05, 3.63) is 48.4 Å². The molecule has 0 saturated heterocycles. The average Bonchev–Trinajstić information content (AvgIpc) is 3.02. The predicted octanol–water partition coefficient (Wildman–Crippen LogP) is 2.53. The van der Waals surface area contributed by atoms with Crippen LogP contribution in [-0.2, 0) is 0 Å². The number of nitrogens with one attached hydrogen (secondary N) is 2. The number of carbonyl (C=O) groups is 1. The molecule has 1 aromatic carbocycles. The Morgan fingerprint density at radius 1 is 1.33 bits per heavy atom. The van der Waals surface area contributed by atoms with Gasteiger partial charge in [-0.1, -0.05) is 12.1 Å². The lowest BCUT2D eigenvalue weighted by atomic mass is 10.2. The average molecular weight is 290 g/mol. The zero-order valence-corrected chi connectivity index (χ0v) is 11.7. The molecule has 1 atom stereocenters. The molecule has 1 heterocycles. The maximum absolute atomic E-state index is 11.8. The molecule has 1 unspecified atom stereocenters. The second-order valence-electron chi connectivity index (χ2n) is 4.40. The van der Waals surface area contributed by atoms with Gasteiger partial charge in [-0.3, -0.25) is 0 Å². The molecule has 0 aliphatic heterocycles. The topological polar surface area (TPSA) is 83.7 Å². The minimum atomic E-state index is -0.730. The van der Waals surface area contributed by atoms with Crippen molar-refractivity contribution in [1.29, 1.82) is 0 Å². The van der Waals surface area contributed by atoms with Gasteiger partial charge in [-0.15, -0.1) is 0 Å². The molecule has 0 aliphatic carbocycles. The number of hydrogen-bond acceptors (Lipinski definition) is 4. The first-order chi connectivity index (χ1) is 10.2. The zero-order chi connectivity index (χ0) is 15.1. The molecule has 1 aromatic heterocycles. The molecule has 2 aromatic rings. The summed E-state index contributed by atoms with van der Waals surface area (Å²) in [4.78, 5) is 11.8. The van der Waals surface area contributed by atoms with Gasteiger partial charge < -0.3 is 24.9 Å². The molecule has 2 rings (SSSR count). The van der Waals surface area contributed by atoms with Crippen LogP contribution in [0.15, 0.2) is 47.1 Å².